The first-order chi connectivity index (χ1) is 7.84. The number of ether oxygens (including phenoxy) is 2. The molecule has 2 rings (SSSR count). The van der Waals surface area contributed by atoms with Crippen molar-refractivity contribution in [1.29, 1.82) is 0 Å². The van der Waals surface area contributed by atoms with Gasteiger partial charge in [-0.1, -0.05) is 0 Å². The lowest BCUT2D eigenvalue weighted by atomic mass is 10.1. The molecule has 1 saturated heterocycles. The van der Waals surface area contributed by atoms with Crippen LogP contribution in [0.3, 0.4) is 0 Å². The first kappa shape index (κ1) is 11.3. The number of aromatic nitrogens is 1. The Kier molecular flexibility index (Phi) is 4.10. The van der Waals surface area contributed by atoms with Gasteiger partial charge in [-0.05, 0) is 37.8 Å². The lowest BCUT2D eigenvalue weighted by Gasteiger charge is -2.09. The Hall–Kier alpha value is -1.16. The Morgan fingerprint density at radius 2 is 2.44 bits per heavy atom. The molecule has 0 saturated carbocycles. The molecule has 1 unspecified atom stereocenters. The van der Waals surface area contributed by atoms with Gasteiger partial charge in [-0.3, -0.25) is 0 Å². The third-order valence-corrected chi connectivity index (χ3v) is 2.66. The summed E-state index contributed by atoms with van der Waals surface area (Å²) >= 11 is 0. The maximum Gasteiger partial charge on any atom is 0.213 e. The summed E-state index contributed by atoms with van der Waals surface area (Å²) in [6, 6.07) is 2.89. The smallest absolute Gasteiger partial charge is 0.213 e. The predicted molar refractivity (Wildman–Crippen MR) is 57.9 cm³/mol. The van der Waals surface area contributed by atoms with Crippen LogP contribution in [0.15, 0.2) is 18.3 Å². The number of halogens is 1. The SMILES string of the molecule is Fc1ccc(OCCCC2CCCO2)cn1. The number of hydrogen-bond donors (Lipinski definition) is 0. The molecular weight excluding hydrogens is 209 g/mol. The molecule has 16 heavy (non-hydrogen) atoms. The van der Waals surface area contributed by atoms with E-state index in [2.05, 4.69) is 4.98 Å². The minimum atomic E-state index is -0.480. The average molecular weight is 225 g/mol. The molecule has 1 aliphatic rings. The number of hydrogen-bond acceptors (Lipinski definition) is 3. The molecule has 0 bridgehead atoms. The summed E-state index contributed by atoms with van der Waals surface area (Å²) in [6.45, 7) is 1.53. The Morgan fingerprint density at radius 3 is 3.12 bits per heavy atom. The van der Waals surface area contributed by atoms with Gasteiger partial charge in [-0.25, -0.2) is 4.98 Å². The van der Waals surface area contributed by atoms with Crippen LogP contribution in [0.1, 0.15) is 25.7 Å². The van der Waals surface area contributed by atoms with Crippen molar-refractivity contribution in [2.24, 2.45) is 0 Å². The highest BCUT2D eigenvalue weighted by molar-refractivity contribution is 5.15. The number of rotatable bonds is 5. The molecule has 0 N–H and O–H groups in total. The fourth-order valence-electron chi connectivity index (χ4n) is 1.82. The Bertz CT molecular complexity index is 309. The Labute approximate surface area is 94.6 Å². The molecule has 1 fully saturated rings. The van der Waals surface area contributed by atoms with Crippen molar-refractivity contribution in [3.05, 3.63) is 24.3 Å². The molecule has 1 aromatic heterocycles. The van der Waals surface area contributed by atoms with Crippen LogP contribution < -0.4 is 4.74 Å². The van der Waals surface area contributed by atoms with Crippen molar-refractivity contribution < 1.29 is 13.9 Å². The number of nitrogens with zero attached hydrogens (tertiary/aromatic N) is 1. The van der Waals surface area contributed by atoms with Crippen LogP contribution in [-0.4, -0.2) is 24.3 Å². The van der Waals surface area contributed by atoms with Gasteiger partial charge in [0, 0.05) is 6.61 Å². The molecule has 0 aliphatic carbocycles. The van der Waals surface area contributed by atoms with E-state index >= 15 is 0 Å². The molecule has 1 aromatic rings. The molecule has 1 aliphatic heterocycles. The fraction of sp³-hybridized carbons (Fsp3) is 0.583. The van der Waals surface area contributed by atoms with E-state index in [1.54, 1.807) is 6.07 Å². The average Bonchev–Trinajstić information content (AvgIpc) is 2.80. The van der Waals surface area contributed by atoms with Crippen LogP contribution in [0.5, 0.6) is 5.75 Å². The van der Waals surface area contributed by atoms with Crippen molar-refractivity contribution in [2.75, 3.05) is 13.2 Å². The van der Waals surface area contributed by atoms with Crippen LogP contribution in [-0.2, 0) is 4.74 Å². The molecule has 1 atom stereocenters. The fourth-order valence-corrected chi connectivity index (χ4v) is 1.82. The predicted octanol–water partition coefficient (Wildman–Crippen LogP) is 2.56. The van der Waals surface area contributed by atoms with Crippen LogP contribution in [0.25, 0.3) is 0 Å². The van der Waals surface area contributed by atoms with Crippen LogP contribution in [0.2, 0.25) is 0 Å². The van der Waals surface area contributed by atoms with Crippen LogP contribution in [0, 0.1) is 5.95 Å². The molecule has 3 nitrogen and oxygen atoms in total. The van der Waals surface area contributed by atoms with E-state index in [0.717, 1.165) is 25.9 Å². The molecule has 4 heteroatoms. The lowest BCUT2D eigenvalue weighted by molar-refractivity contribution is 0.0981. The number of pyridine rings is 1. The topological polar surface area (TPSA) is 31.4 Å². The second kappa shape index (κ2) is 5.80. The lowest BCUT2D eigenvalue weighted by Crippen LogP contribution is -2.07. The summed E-state index contributed by atoms with van der Waals surface area (Å²) in [6.07, 6.45) is 6.15. The van der Waals surface area contributed by atoms with Crippen LogP contribution >= 0.6 is 0 Å². The highest BCUT2D eigenvalue weighted by atomic mass is 19.1. The molecule has 0 amide bonds. The van der Waals surface area contributed by atoms with Gasteiger partial charge in [-0.2, -0.15) is 4.39 Å². The summed E-state index contributed by atoms with van der Waals surface area (Å²) in [7, 11) is 0. The van der Waals surface area contributed by atoms with E-state index in [4.69, 9.17) is 9.47 Å². The minimum absolute atomic E-state index is 0.412. The zero-order valence-corrected chi connectivity index (χ0v) is 9.19. The van der Waals surface area contributed by atoms with Crippen molar-refractivity contribution in [3.8, 4) is 5.75 Å². The summed E-state index contributed by atoms with van der Waals surface area (Å²) in [5, 5.41) is 0. The molecule has 0 radical (unpaired) electrons. The van der Waals surface area contributed by atoms with Gasteiger partial charge < -0.3 is 9.47 Å². The van der Waals surface area contributed by atoms with Crippen molar-refractivity contribution in [3.63, 3.8) is 0 Å². The van der Waals surface area contributed by atoms with E-state index in [1.165, 1.54) is 18.7 Å². The highest BCUT2D eigenvalue weighted by Gasteiger charge is 2.14. The second-order valence-corrected chi connectivity index (χ2v) is 3.94. The van der Waals surface area contributed by atoms with Crippen molar-refractivity contribution in [1.82, 2.24) is 4.98 Å². The van der Waals surface area contributed by atoms with E-state index in [1.807, 2.05) is 0 Å². The monoisotopic (exact) mass is 225 g/mol. The standard InChI is InChI=1S/C12H16FNO2/c13-12-6-5-11(9-14-12)16-8-2-4-10-3-1-7-15-10/h5-6,9-10H,1-4,7-8H2. The van der Waals surface area contributed by atoms with E-state index in [0.29, 0.717) is 18.5 Å². The van der Waals surface area contributed by atoms with Gasteiger partial charge in [0.05, 0.1) is 18.9 Å². The van der Waals surface area contributed by atoms with Gasteiger partial charge in [-0.15, -0.1) is 0 Å². The third kappa shape index (κ3) is 3.45. The van der Waals surface area contributed by atoms with Gasteiger partial charge in [0.1, 0.15) is 5.75 Å². The first-order valence-electron chi connectivity index (χ1n) is 5.70. The molecule has 2 heterocycles. The zero-order chi connectivity index (χ0) is 11.2. The Morgan fingerprint density at radius 1 is 1.50 bits per heavy atom. The Balaban J connectivity index is 1.62. The quantitative estimate of drug-likeness (QED) is 0.570. The van der Waals surface area contributed by atoms with Gasteiger partial charge in [0.15, 0.2) is 0 Å². The molecular formula is C12H16FNO2. The maximum atomic E-state index is 12.5. The maximum absolute atomic E-state index is 12.5. The molecule has 0 aromatic carbocycles. The third-order valence-electron chi connectivity index (χ3n) is 2.66. The van der Waals surface area contributed by atoms with Crippen molar-refractivity contribution in [2.45, 2.75) is 31.8 Å². The minimum Gasteiger partial charge on any atom is -0.492 e. The van der Waals surface area contributed by atoms with E-state index in [-0.39, 0.29) is 0 Å². The zero-order valence-electron chi connectivity index (χ0n) is 9.19. The normalized spacial score (nSPS) is 19.9. The van der Waals surface area contributed by atoms with Gasteiger partial charge in [0.25, 0.3) is 0 Å². The summed E-state index contributed by atoms with van der Waals surface area (Å²) in [5.74, 6) is 0.139. The summed E-state index contributed by atoms with van der Waals surface area (Å²) < 4.78 is 23.4. The molecule has 0 spiro atoms. The van der Waals surface area contributed by atoms with Crippen molar-refractivity contribution >= 4 is 0 Å². The summed E-state index contributed by atoms with van der Waals surface area (Å²) in [5.41, 5.74) is 0. The van der Waals surface area contributed by atoms with E-state index < -0.39 is 5.95 Å². The highest BCUT2D eigenvalue weighted by Crippen LogP contribution is 2.17. The second-order valence-electron chi connectivity index (χ2n) is 3.94. The first-order valence-corrected chi connectivity index (χ1v) is 5.70. The summed E-state index contributed by atoms with van der Waals surface area (Å²) in [4.78, 5) is 3.52. The van der Waals surface area contributed by atoms with E-state index in [9.17, 15) is 4.39 Å². The molecule has 88 valence electrons. The van der Waals surface area contributed by atoms with Crippen LogP contribution in [0.4, 0.5) is 4.39 Å². The van der Waals surface area contributed by atoms with Gasteiger partial charge >= 0.3 is 0 Å². The van der Waals surface area contributed by atoms with Gasteiger partial charge in [0.2, 0.25) is 5.95 Å². The largest absolute Gasteiger partial charge is 0.492 e.